The first kappa shape index (κ1) is 33.6. The van der Waals surface area contributed by atoms with E-state index in [0.29, 0.717) is 12.1 Å². The van der Waals surface area contributed by atoms with Gasteiger partial charge in [-0.25, -0.2) is 16.8 Å². The predicted molar refractivity (Wildman–Crippen MR) is 117 cm³/mol. The molecule has 3 rings (SSSR count). The molecule has 0 aliphatic rings. The quantitative estimate of drug-likeness (QED) is 0.0801. The molecule has 0 bridgehead atoms. The molecule has 191 valence electrons. The van der Waals surface area contributed by atoms with Crippen LogP contribution in [0.5, 0.6) is 11.5 Å². The van der Waals surface area contributed by atoms with Crippen molar-refractivity contribution in [3.05, 3.63) is 69.2 Å². The molecule has 38 heavy (non-hydrogen) atoms. The van der Waals surface area contributed by atoms with Gasteiger partial charge in [-0.3, -0.25) is 15.1 Å². The number of non-ortho nitro benzene ring substituents is 1. The minimum absolute atomic E-state index is 0. The Balaban J connectivity index is 0.00000361. The molecule has 0 amide bonds. The summed E-state index contributed by atoms with van der Waals surface area (Å²) in [5, 5.41) is 42.9. The summed E-state index contributed by atoms with van der Waals surface area (Å²) in [7, 11) is -10.1. The number of nitrogens with zero attached hydrogens (tertiary/aromatic N) is 4. The second-order valence-corrected chi connectivity index (χ2v) is 9.89. The third-order valence-corrected chi connectivity index (χ3v) is 6.31. The Morgan fingerprint density at radius 2 is 1.53 bits per heavy atom. The smallest absolute Gasteiger partial charge is 0.872 e. The van der Waals surface area contributed by atoms with Crippen molar-refractivity contribution in [3.8, 4) is 11.5 Å². The van der Waals surface area contributed by atoms with Crippen LogP contribution in [-0.4, -0.2) is 37.1 Å². The Morgan fingerprint density at radius 1 is 0.868 bits per heavy atom. The van der Waals surface area contributed by atoms with Gasteiger partial charge in [0.2, 0.25) is 0 Å². The van der Waals surface area contributed by atoms with Crippen LogP contribution in [0.2, 0.25) is 5.02 Å². The number of hydrogen-bond donors (Lipinski definition) is 0. The van der Waals surface area contributed by atoms with E-state index in [9.17, 15) is 46.3 Å². The van der Waals surface area contributed by atoms with Gasteiger partial charge in [0, 0.05) is 18.3 Å². The number of benzene rings is 3. The van der Waals surface area contributed by atoms with Crippen molar-refractivity contribution in [2.45, 2.75) is 9.79 Å². The number of nitro benzene ring substituents is 1. The van der Waals surface area contributed by atoms with Crippen LogP contribution in [0.1, 0.15) is 5.56 Å². The van der Waals surface area contributed by atoms with E-state index < -0.39 is 57.8 Å². The minimum atomic E-state index is -5.36. The molecule has 19 heteroatoms. The van der Waals surface area contributed by atoms with Gasteiger partial charge in [0.25, 0.3) is 5.69 Å². The second kappa shape index (κ2) is 13.1. The van der Waals surface area contributed by atoms with Crippen molar-refractivity contribution in [2.75, 3.05) is 0 Å². The summed E-state index contributed by atoms with van der Waals surface area (Å²) in [6.07, 6.45) is 0.792. The van der Waals surface area contributed by atoms with Gasteiger partial charge in [-0.2, -0.15) is 5.11 Å². The summed E-state index contributed by atoms with van der Waals surface area (Å²) in [4.78, 5) is 11.6. The van der Waals surface area contributed by atoms with E-state index in [1.54, 1.807) is 0 Å². The number of nitro groups is 1. The van der Waals surface area contributed by atoms with E-state index >= 15 is 0 Å². The summed E-state index contributed by atoms with van der Waals surface area (Å²) >= 11 is 5.92. The Morgan fingerprint density at radius 3 is 2.11 bits per heavy atom. The Labute approximate surface area is 252 Å². The Bertz CT molecular complexity index is 1670. The number of aliphatic imine (C=N–C) groups is 1. The molecule has 3 aromatic carbocycles. The van der Waals surface area contributed by atoms with Gasteiger partial charge in [-0.15, -0.1) is 5.11 Å². The topological polar surface area (TPSA) is 241 Å². The zero-order valence-corrected chi connectivity index (χ0v) is 24.3. The molecule has 0 aliphatic heterocycles. The SMILES string of the molecule is O=[N+]([O-])c1cc(N=Cc2cc(N=Nc3cc(S(=O)(=O)[O-])ccc3Cl)ccc2[O-])c([O-])c(S(=O)(=O)[O-])c1.[Cr+3].[Na+]. The van der Waals surface area contributed by atoms with E-state index in [2.05, 4.69) is 15.2 Å². The van der Waals surface area contributed by atoms with Crippen LogP contribution in [0.15, 0.2) is 73.5 Å². The fraction of sp³-hybridized carbons (Fsp3) is 0. The Kier molecular flexibility index (Phi) is 11.6. The van der Waals surface area contributed by atoms with Crippen LogP contribution in [0.3, 0.4) is 0 Å². The molecule has 0 unspecified atom stereocenters. The van der Waals surface area contributed by atoms with Crippen molar-refractivity contribution >= 4 is 60.8 Å². The zero-order valence-electron chi connectivity index (χ0n) is 18.7. The van der Waals surface area contributed by atoms with Crippen LogP contribution in [0.25, 0.3) is 0 Å². The summed E-state index contributed by atoms with van der Waals surface area (Å²) in [5.41, 5.74) is -2.06. The summed E-state index contributed by atoms with van der Waals surface area (Å²) in [6, 6.07) is 7.27. The van der Waals surface area contributed by atoms with Crippen molar-refractivity contribution in [1.82, 2.24) is 0 Å². The van der Waals surface area contributed by atoms with Crippen molar-refractivity contribution in [1.29, 1.82) is 0 Å². The fourth-order valence-electron chi connectivity index (χ4n) is 2.63. The molecule has 0 saturated carbocycles. The van der Waals surface area contributed by atoms with Crippen LogP contribution < -0.4 is 39.8 Å². The summed E-state index contributed by atoms with van der Waals surface area (Å²) in [5.74, 6) is -2.05. The van der Waals surface area contributed by atoms with Crippen LogP contribution in [0, 0.1) is 10.1 Å². The standard InChI is InChI=1S/C19H13ClN4O10S2.Cr.Na/c20-14-3-2-13(35(29,30)31)8-15(14)23-22-11-1-4-17(25)10(5-11)9-21-16-6-12(24(27)28)7-18(19(16)26)36(32,33)34;;/h1-9,25-26H,(H,29,30,31)(H,32,33,34);;/q;+3;+1/p-4. The molecule has 14 nitrogen and oxygen atoms in total. The average Bonchev–Trinajstić information content (AvgIpc) is 2.77. The maximum Gasteiger partial charge on any atom is 3.00 e. The van der Waals surface area contributed by atoms with Crippen LogP contribution >= 0.6 is 11.6 Å². The first-order valence-electron chi connectivity index (χ1n) is 9.14. The summed E-state index contributed by atoms with van der Waals surface area (Å²) in [6.45, 7) is 0. The molecule has 1 radical (unpaired) electrons. The zero-order chi connectivity index (χ0) is 26.8. The second-order valence-electron chi connectivity index (χ2n) is 6.75. The van der Waals surface area contributed by atoms with Gasteiger partial charge in [0.05, 0.1) is 31.1 Å². The van der Waals surface area contributed by atoms with Gasteiger partial charge in [-0.05, 0) is 35.9 Å². The molecule has 0 aromatic heterocycles. The molecule has 0 fully saturated rings. The molecule has 0 atom stereocenters. The first-order valence-corrected chi connectivity index (χ1v) is 12.3. The predicted octanol–water partition coefficient (Wildman–Crippen LogP) is -0.629. The average molecular weight is 628 g/mol. The third kappa shape index (κ3) is 8.28. The fourth-order valence-corrected chi connectivity index (χ4v) is 3.88. The molecular formula is C19H9ClCrN4NaO10S2. The molecule has 0 spiro atoms. The van der Waals surface area contributed by atoms with E-state index in [1.807, 2.05) is 0 Å². The maximum atomic E-state index is 12.2. The molecule has 0 heterocycles. The van der Waals surface area contributed by atoms with E-state index in [-0.39, 0.29) is 68.9 Å². The molecule has 0 N–H and O–H groups in total. The van der Waals surface area contributed by atoms with Gasteiger partial charge in [0.1, 0.15) is 25.9 Å². The molecule has 0 aliphatic carbocycles. The van der Waals surface area contributed by atoms with Crippen molar-refractivity contribution in [2.24, 2.45) is 15.2 Å². The maximum absolute atomic E-state index is 12.2. The van der Waals surface area contributed by atoms with Crippen molar-refractivity contribution in [3.63, 3.8) is 0 Å². The number of rotatable bonds is 7. The molecule has 3 aromatic rings. The number of hydrogen-bond acceptors (Lipinski definition) is 13. The molecule has 0 saturated heterocycles. The summed E-state index contributed by atoms with van der Waals surface area (Å²) < 4.78 is 67.3. The van der Waals surface area contributed by atoms with E-state index in [1.165, 1.54) is 6.07 Å². The van der Waals surface area contributed by atoms with Crippen molar-refractivity contribution < 1.29 is 88.0 Å². The normalized spacial score (nSPS) is 11.8. The van der Waals surface area contributed by atoms with Gasteiger partial charge in [-0.1, -0.05) is 29.2 Å². The Hall–Kier alpha value is -2.43. The van der Waals surface area contributed by atoms with Gasteiger partial charge in [0.15, 0.2) is 0 Å². The van der Waals surface area contributed by atoms with Gasteiger partial charge < -0.3 is 19.3 Å². The minimum Gasteiger partial charge on any atom is -0.872 e. The van der Waals surface area contributed by atoms with E-state index in [4.69, 9.17) is 11.6 Å². The molecular weight excluding hydrogens is 619 g/mol. The monoisotopic (exact) mass is 627 g/mol. The first-order chi connectivity index (χ1) is 16.7. The number of halogens is 1. The number of azo groups is 1. The van der Waals surface area contributed by atoms with Crippen LogP contribution in [-0.2, 0) is 37.6 Å². The largest absolute Gasteiger partial charge is 3.00 e. The van der Waals surface area contributed by atoms with Gasteiger partial charge >= 0.3 is 46.9 Å². The van der Waals surface area contributed by atoms with Crippen LogP contribution in [0.4, 0.5) is 22.7 Å². The third-order valence-electron chi connectivity index (χ3n) is 4.32. The van der Waals surface area contributed by atoms with E-state index in [0.717, 1.165) is 36.5 Å².